The van der Waals surface area contributed by atoms with Crippen LogP contribution in [-0.4, -0.2) is 33.0 Å². The van der Waals surface area contributed by atoms with Crippen molar-refractivity contribution in [2.45, 2.75) is 27.7 Å². The Kier molecular flexibility index (Phi) is 4.31. The van der Waals surface area contributed by atoms with Gasteiger partial charge >= 0.3 is 5.97 Å². The number of aryl methyl sites for hydroxylation is 4. The van der Waals surface area contributed by atoms with Crippen LogP contribution in [0.2, 0.25) is 0 Å². The first-order chi connectivity index (χ1) is 11.9. The van der Waals surface area contributed by atoms with Crippen molar-refractivity contribution in [1.29, 1.82) is 0 Å². The van der Waals surface area contributed by atoms with E-state index in [1.807, 2.05) is 13.8 Å². The van der Waals surface area contributed by atoms with Crippen LogP contribution >= 0.6 is 0 Å². The molecule has 0 aliphatic carbocycles. The zero-order valence-electron chi connectivity index (χ0n) is 14.8. The van der Waals surface area contributed by atoms with Crippen LogP contribution in [0, 0.1) is 27.7 Å². The van der Waals surface area contributed by atoms with Crippen molar-refractivity contribution in [3.05, 3.63) is 46.4 Å². The summed E-state index contributed by atoms with van der Waals surface area (Å²) in [7, 11) is 1.32. The van der Waals surface area contributed by atoms with Gasteiger partial charge in [0, 0.05) is 11.6 Å². The molecule has 1 aromatic carbocycles. The highest BCUT2D eigenvalue weighted by molar-refractivity contribution is 5.90. The number of esters is 1. The third kappa shape index (κ3) is 3.26. The summed E-state index contributed by atoms with van der Waals surface area (Å²) >= 11 is 0. The fourth-order valence-electron chi connectivity index (χ4n) is 2.73. The first-order valence-corrected chi connectivity index (χ1v) is 7.83. The Morgan fingerprint density at radius 2 is 1.72 bits per heavy atom. The molecule has 3 rings (SSSR count). The van der Waals surface area contributed by atoms with Crippen LogP contribution in [0.5, 0.6) is 0 Å². The molecule has 0 fully saturated rings. The minimum atomic E-state index is -0.465. The van der Waals surface area contributed by atoms with E-state index in [2.05, 4.69) is 44.3 Å². The number of carbonyl (C=O) groups is 1. The van der Waals surface area contributed by atoms with Gasteiger partial charge in [0.25, 0.3) is 0 Å². The molecule has 1 N–H and O–H groups in total. The van der Waals surface area contributed by atoms with Crippen LogP contribution in [0.1, 0.15) is 32.9 Å². The van der Waals surface area contributed by atoms with Crippen molar-refractivity contribution in [2.75, 3.05) is 12.4 Å². The Bertz CT molecular complexity index is 985. The number of ether oxygens (including phenoxy) is 1. The summed E-state index contributed by atoms with van der Waals surface area (Å²) in [6.45, 7) is 7.74. The monoisotopic (exact) mass is 337 g/mol. The summed E-state index contributed by atoms with van der Waals surface area (Å²) in [6.07, 6.45) is 1.43. The molecule has 2 aromatic heterocycles. The summed E-state index contributed by atoms with van der Waals surface area (Å²) in [5.74, 6) is 0.281. The van der Waals surface area contributed by atoms with Gasteiger partial charge in [-0.3, -0.25) is 5.32 Å². The molecule has 0 saturated carbocycles. The lowest BCUT2D eigenvalue weighted by Gasteiger charge is -2.10. The molecule has 2 heterocycles. The number of aromatic nitrogens is 4. The second-order valence-electron chi connectivity index (χ2n) is 5.92. The molecule has 0 saturated heterocycles. The zero-order valence-corrected chi connectivity index (χ0v) is 14.8. The SMILES string of the molecule is COC(=O)c1cnc(Nc2nc(C)c3cc(C)cc(C)c3n2)nc1C. The van der Waals surface area contributed by atoms with E-state index >= 15 is 0 Å². The van der Waals surface area contributed by atoms with Gasteiger partial charge in [-0.1, -0.05) is 11.6 Å². The van der Waals surface area contributed by atoms with Gasteiger partial charge in [-0.15, -0.1) is 0 Å². The van der Waals surface area contributed by atoms with Gasteiger partial charge in [0.05, 0.1) is 29.6 Å². The number of anilines is 2. The molecule has 0 aliphatic rings. The van der Waals surface area contributed by atoms with Crippen molar-refractivity contribution in [3.63, 3.8) is 0 Å². The van der Waals surface area contributed by atoms with Gasteiger partial charge in [-0.2, -0.15) is 0 Å². The number of carbonyl (C=O) groups excluding carboxylic acids is 1. The van der Waals surface area contributed by atoms with Crippen molar-refractivity contribution in [1.82, 2.24) is 19.9 Å². The molecular weight excluding hydrogens is 318 g/mol. The number of nitrogens with zero attached hydrogens (tertiary/aromatic N) is 4. The molecular formula is C18H19N5O2. The Labute approximate surface area is 145 Å². The molecule has 0 amide bonds. The quantitative estimate of drug-likeness (QED) is 0.734. The van der Waals surface area contributed by atoms with Crippen molar-refractivity contribution >= 4 is 28.8 Å². The van der Waals surface area contributed by atoms with Gasteiger partial charge in [0.1, 0.15) is 0 Å². The zero-order chi connectivity index (χ0) is 18.1. The summed E-state index contributed by atoms with van der Waals surface area (Å²) in [6, 6.07) is 4.16. The average Bonchev–Trinajstić information content (AvgIpc) is 2.55. The molecule has 0 atom stereocenters. The van der Waals surface area contributed by atoms with Crippen LogP contribution in [0.3, 0.4) is 0 Å². The molecule has 0 aliphatic heterocycles. The van der Waals surface area contributed by atoms with Gasteiger partial charge < -0.3 is 4.74 Å². The lowest BCUT2D eigenvalue weighted by atomic mass is 10.1. The third-order valence-electron chi connectivity index (χ3n) is 3.93. The van der Waals surface area contributed by atoms with Crippen LogP contribution < -0.4 is 5.32 Å². The van der Waals surface area contributed by atoms with Crippen LogP contribution in [0.25, 0.3) is 10.9 Å². The van der Waals surface area contributed by atoms with Crippen LogP contribution in [0.15, 0.2) is 18.3 Å². The minimum Gasteiger partial charge on any atom is -0.465 e. The Morgan fingerprint density at radius 3 is 2.40 bits per heavy atom. The number of hydrogen-bond donors (Lipinski definition) is 1. The number of fused-ring (bicyclic) bond motifs is 1. The molecule has 3 aromatic rings. The highest BCUT2D eigenvalue weighted by Gasteiger charge is 2.13. The van der Waals surface area contributed by atoms with Crippen molar-refractivity contribution in [3.8, 4) is 0 Å². The van der Waals surface area contributed by atoms with E-state index in [-0.39, 0.29) is 0 Å². The molecule has 7 heteroatoms. The van der Waals surface area contributed by atoms with Crippen molar-refractivity contribution in [2.24, 2.45) is 0 Å². The van der Waals surface area contributed by atoms with Gasteiger partial charge in [0.15, 0.2) is 0 Å². The first kappa shape index (κ1) is 16.8. The average molecular weight is 337 g/mol. The first-order valence-electron chi connectivity index (χ1n) is 7.83. The molecule has 128 valence electrons. The van der Waals surface area contributed by atoms with Gasteiger partial charge in [-0.25, -0.2) is 24.7 Å². The Balaban J connectivity index is 1.98. The maximum atomic E-state index is 11.6. The third-order valence-corrected chi connectivity index (χ3v) is 3.93. The predicted molar refractivity (Wildman–Crippen MR) is 95.1 cm³/mol. The lowest BCUT2D eigenvalue weighted by molar-refractivity contribution is 0.0599. The molecule has 25 heavy (non-hydrogen) atoms. The maximum absolute atomic E-state index is 11.6. The smallest absolute Gasteiger partial charge is 0.341 e. The topological polar surface area (TPSA) is 89.9 Å². The number of hydrogen-bond acceptors (Lipinski definition) is 7. The molecule has 0 bridgehead atoms. The second-order valence-corrected chi connectivity index (χ2v) is 5.92. The number of benzene rings is 1. The Morgan fingerprint density at radius 1 is 1.00 bits per heavy atom. The largest absolute Gasteiger partial charge is 0.465 e. The maximum Gasteiger partial charge on any atom is 0.341 e. The van der Waals surface area contributed by atoms with E-state index in [4.69, 9.17) is 4.74 Å². The van der Waals surface area contributed by atoms with Crippen molar-refractivity contribution < 1.29 is 9.53 Å². The van der Waals surface area contributed by atoms with Gasteiger partial charge in [-0.05, 0) is 39.3 Å². The fraction of sp³-hybridized carbons (Fsp3) is 0.278. The lowest BCUT2D eigenvalue weighted by Crippen LogP contribution is -2.09. The van der Waals surface area contributed by atoms with Crippen LogP contribution in [0.4, 0.5) is 11.9 Å². The number of methoxy groups -OCH3 is 1. The number of rotatable bonds is 3. The summed E-state index contributed by atoms with van der Waals surface area (Å²) in [5, 5.41) is 4.04. The van der Waals surface area contributed by atoms with E-state index in [1.54, 1.807) is 6.92 Å². The van der Waals surface area contributed by atoms with E-state index in [0.717, 1.165) is 22.2 Å². The van der Waals surface area contributed by atoms with E-state index in [0.29, 0.717) is 23.2 Å². The predicted octanol–water partition coefficient (Wildman–Crippen LogP) is 3.18. The minimum absolute atomic E-state index is 0.327. The van der Waals surface area contributed by atoms with Gasteiger partial charge in [0.2, 0.25) is 11.9 Å². The molecule has 7 nitrogen and oxygen atoms in total. The molecule has 0 radical (unpaired) electrons. The highest BCUT2D eigenvalue weighted by atomic mass is 16.5. The van der Waals surface area contributed by atoms with E-state index in [9.17, 15) is 4.79 Å². The van der Waals surface area contributed by atoms with Crippen LogP contribution in [-0.2, 0) is 4.74 Å². The fourth-order valence-corrected chi connectivity index (χ4v) is 2.73. The Hall–Kier alpha value is -3.09. The normalized spacial score (nSPS) is 10.8. The number of nitrogens with one attached hydrogen (secondary N) is 1. The van der Waals surface area contributed by atoms with E-state index in [1.165, 1.54) is 18.9 Å². The summed E-state index contributed by atoms with van der Waals surface area (Å²) < 4.78 is 4.70. The molecule has 0 unspecified atom stereocenters. The van der Waals surface area contributed by atoms with E-state index < -0.39 is 5.97 Å². The standard InChI is InChI=1S/C18H19N5O2/c1-9-6-10(2)15-13(7-9)11(3)21-18(22-15)23-17-19-8-14(12(4)20-17)16(24)25-5/h6-8H,1-5H3,(H,19,20,21,22,23). The highest BCUT2D eigenvalue weighted by Crippen LogP contribution is 2.23. The second kappa shape index (κ2) is 6.43. The summed E-state index contributed by atoms with van der Waals surface area (Å²) in [5.41, 5.74) is 4.88. The molecule has 0 spiro atoms. The summed E-state index contributed by atoms with van der Waals surface area (Å²) in [4.78, 5) is 29.1.